The summed E-state index contributed by atoms with van der Waals surface area (Å²) in [6.07, 6.45) is 6.54. The molecule has 1 saturated carbocycles. The molecule has 0 bridgehead atoms. The lowest BCUT2D eigenvalue weighted by Crippen LogP contribution is -2.44. The van der Waals surface area contributed by atoms with Crippen LogP contribution < -0.4 is 24.8 Å². The van der Waals surface area contributed by atoms with Crippen LogP contribution in [0.3, 0.4) is 0 Å². The van der Waals surface area contributed by atoms with Crippen LogP contribution in [0.25, 0.3) is 10.9 Å². The third-order valence-corrected chi connectivity index (χ3v) is 9.02. The van der Waals surface area contributed by atoms with Crippen LogP contribution in [0.15, 0.2) is 72.6 Å². The van der Waals surface area contributed by atoms with Crippen LogP contribution in [0.1, 0.15) is 26.2 Å². The highest BCUT2D eigenvalue weighted by Gasteiger charge is 2.64. The predicted molar refractivity (Wildman–Crippen MR) is 171 cm³/mol. The number of nitrogens with two attached hydrogens (primary N) is 1. The zero-order valence-corrected chi connectivity index (χ0v) is 26.4. The second-order valence-corrected chi connectivity index (χ2v) is 12.1. The molecule has 248 valence electrons. The van der Waals surface area contributed by atoms with E-state index in [9.17, 15) is 14.0 Å². The number of amides is 2. The number of carbonyl (C=O) groups is 2. The summed E-state index contributed by atoms with van der Waals surface area (Å²) in [4.78, 5) is 34.3. The van der Waals surface area contributed by atoms with E-state index in [0.717, 1.165) is 39.3 Å². The number of hydrogen-bond acceptors (Lipinski definition) is 8. The molecule has 2 fully saturated rings. The summed E-state index contributed by atoms with van der Waals surface area (Å²) in [6, 6.07) is 10.3. The van der Waals surface area contributed by atoms with Gasteiger partial charge in [0.15, 0.2) is 11.5 Å². The molecule has 1 saturated heterocycles. The van der Waals surface area contributed by atoms with Gasteiger partial charge in [-0.05, 0) is 67.3 Å². The number of aromatic nitrogens is 1. The zero-order chi connectivity index (χ0) is 33.2. The van der Waals surface area contributed by atoms with Crippen molar-refractivity contribution in [1.82, 2.24) is 9.88 Å². The van der Waals surface area contributed by atoms with Gasteiger partial charge < -0.3 is 24.7 Å². The number of methoxy groups -OCH3 is 1. The second kappa shape index (κ2) is 13.3. The molecular formula is C35H38F2N4O6. The number of alkyl halides is 1. The van der Waals surface area contributed by atoms with Crippen LogP contribution in [0.2, 0.25) is 0 Å². The first-order chi connectivity index (χ1) is 22.6. The van der Waals surface area contributed by atoms with Crippen molar-refractivity contribution in [2.24, 2.45) is 17.1 Å². The van der Waals surface area contributed by atoms with Crippen molar-refractivity contribution in [3.05, 3.63) is 78.4 Å². The number of pyridine rings is 1. The molecule has 10 nitrogen and oxygen atoms in total. The van der Waals surface area contributed by atoms with E-state index in [0.29, 0.717) is 46.8 Å². The fourth-order valence-corrected chi connectivity index (χ4v) is 6.14. The van der Waals surface area contributed by atoms with Gasteiger partial charge in [-0.2, -0.15) is 4.39 Å². The Morgan fingerprint density at radius 2 is 1.87 bits per heavy atom. The maximum absolute atomic E-state index is 16.3. The van der Waals surface area contributed by atoms with E-state index in [2.05, 4.69) is 9.88 Å². The van der Waals surface area contributed by atoms with Gasteiger partial charge in [0.25, 0.3) is 5.85 Å². The summed E-state index contributed by atoms with van der Waals surface area (Å²) in [7, 11) is 1.53. The van der Waals surface area contributed by atoms with Crippen molar-refractivity contribution < 1.29 is 37.3 Å². The fourth-order valence-electron chi connectivity index (χ4n) is 6.14. The lowest BCUT2D eigenvalue weighted by molar-refractivity contribution is -0.134. The van der Waals surface area contributed by atoms with Crippen LogP contribution in [-0.4, -0.2) is 74.1 Å². The van der Waals surface area contributed by atoms with Crippen LogP contribution in [-0.2, 0) is 14.3 Å². The lowest BCUT2D eigenvalue weighted by atomic mass is 9.98. The number of nitrogens with zero attached hydrogens (tertiary/aromatic N) is 3. The number of benzene rings is 2. The predicted octanol–water partition coefficient (Wildman–Crippen LogP) is 4.92. The molecule has 6 rings (SSSR count). The second-order valence-electron chi connectivity index (χ2n) is 12.1. The maximum Gasteiger partial charge on any atom is 0.271 e. The Labute approximate surface area is 271 Å². The Morgan fingerprint density at radius 3 is 2.51 bits per heavy atom. The van der Waals surface area contributed by atoms with Crippen molar-refractivity contribution in [3.8, 4) is 17.2 Å². The number of primary amides is 1. The molecule has 2 N–H and O–H groups in total. The number of ether oxygens (including phenoxy) is 4. The minimum atomic E-state index is -2.27. The normalized spacial score (nSPS) is 24.0. The molecule has 2 aromatic carbocycles. The van der Waals surface area contributed by atoms with E-state index in [1.807, 2.05) is 0 Å². The highest BCUT2D eigenvalue weighted by atomic mass is 19.2. The molecule has 3 atom stereocenters. The minimum absolute atomic E-state index is 0.238. The van der Waals surface area contributed by atoms with Crippen LogP contribution in [0.5, 0.6) is 17.2 Å². The Hall–Kier alpha value is -4.55. The quantitative estimate of drug-likeness (QED) is 0.218. The highest BCUT2D eigenvalue weighted by Crippen LogP contribution is 2.54. The van der Waals surface area contributed by atoms with Gasteiger partial charge in [0.05, 0.1) is 32.4 Å². The number of anilines is 1. The van der Waals surface area contributed by atoms with Crippen LogP contribution in [0.4, 0.5) is 14.5 Å². The topological polar surface area (TPSA) is 116 Å². The largest absolute Gasteiger partial charge is 0.493 e. The molecule has 1 aliphatic heterocycles. The van der Waals surface area contributed by atoms with Crippen LogP contribution in [0, 0.1) is 17.2 Å². The maximum atomic E-state index is 16.3. The molecule has 47 heavy (non-hydrogen) atoms. The number of fused-ring (bicyclic) bond motifs is 1. The highest BCUT2D eigenvalue weighted by molar-refractivity contribution is 6.15. The third kappa shape index (κ3) is 6.66. The average Bonchev–Trinajstić information content (AvgIpc) is 3.77. The molecule has 2 aliphatic carbocycles. The molecular weight excluding hydrogens is 610 g/mol. The average molecular weight is 649 g/mol. The number of carbonyl (C=O) groups excluding carboxylic acids is 2. The van der Waals surface area contributed by atoms with Gasteiger partial charge in [-0.25, -0.2) is 4.39 Å². The molecule has 12 heteroatoms. The van der Waals surface area contributed by atoms with Crippen molar-refractivity contribution >= 4 is 28.4 Å². The van der Waals surface area contributed by atoms with Gasteiger partial charge in [0.2, 0.25) is 11.8 Å². The van der Waals surface area contributed by atoms with Crippen molar-refractivity contribution in [3.63, 3.8) is 0 Å². The molecule has 3 aliphatic rings. The molecule has 0 radical (unpaired) electrons. The molecule has 2 heterocycles. The summed E-state index contributed by atoms with van der Waals surface area (Å²) >= 11 is 0. The Bertz CT molecular complexity index is 1710. The van der Waals surface area contributed by atoms with E-state index >= 15 is 4.39 Å². The van der Waals surface area contributed by atoms with Crippen LogP contribution >= 0.6 is 0 Å². The Morgan fingerprint density at radius 1 is 1.13 bits per heavy atom. The monoisotopic (exact) mass is 648 g/mol. The molecule has 3 aromatic rings. The van der Waals surface area contributed by atoms with Gasteiger partial charge in [0.1, 0.15) is 17.0 Å². The standard InChI is InChI=1S/C35H38F2N4O6/c1-23-22-35(23,32(38)42)33(43)41(25-6-4-24(36)5-7-25)26-8-11-34(37,12-9-26)47-29-10-13-39-28-21-31(30(44-2)20-27(28)29)46-17-3-14-40-15-18-45-19-16-40/h4-11,13,20-21,23H,3,12,14-19,22H2,1-2H3,(H2,38,42)/t23-,34?,35-/m1/s1. The van der Waals surface area contributed by atoms with E-state index in [1.165, 1.54) is 60.7 Å². The van der Waals surface area contributed by atoms with E-state index < -0.39 is 28.9 Å². The van der Waals surface area contributed by atoms with Gasteiger partial charge in [-0.15, -0.1) is 0 Å². The Balaban J connectivity index is 1.19. The molecule has 0 spiro atoms. The number of allylic oxidation sites excluding steroid dienone is 1. The lowest BCUT2D eigenvalue weighted by Gasteiger charge is -2.32. The molecule has 1 unspecified atom stereocenters. The Kier molecular flexibility index (Phi) is 9.16. The minimum Gasteiger partial charge on any atom is -0.493 e. The summed E-state index contributed by atoms with van der Waals surface area (Å²) < 4.78 is 53.0. The van der Waals surface area contributed by atoms with Gasteiger partial charge in [-0.1, -0.05) is 13.0 Å². The zero-order valence-electron chi connectivity index (χ0n) is 26.4. The first-order valence-corrected chi connectivity index (χ1v) is 15.7. The summed E-state index contributed by atoms with van der Waals surface area (Å²) in [5.41, 5.74) is 5.46. The summed E-state index contributed by atoms with van der Waals surface area (Å²) in [5, 5.41) is 0.527. The van der Waals surface area contributed by atoms with Gasteiger partial charge in [0, 0.05) is 55.1 Å². The summed E-state index contributed by atoms with van der Waals surface area (Å²) in [5.74, 6) is -3.07. The summed E-state index contributed by atoms with van der Waals surface area (Å²) in [6.45, 7) is 6.47. The number of morpholine rings is 1. The molecule has 2 amide bonds. The SMILES string of the molecule is COc1cc2c(OC3(F)C=CC(N(C(=O)[C@]4(C(N)=O)C[C@H]4C)c4ccc(F)cc4)=CC3)ccnc2cc1OCCCN1CCOCC1. The molecule has 1 aromatic heterocycles. The van der Waals surface area contributed by atoms with Crippen molar-refractivity contribution in [1.29, 1.82) is 0 Å². The van der Waals surface area contributed by atoms with Crippen molar-refractivity contribution in [2.75, 3.05) is 51.5 Å². The van der Waals surface area contributed by atoms with Gasteiger partial charge in [-0.3, -0.25) is 24.4 Å². The fraction of sp³-hybridized carbons (Fsp3) is 0.400. The van der Waals surface area contributed by atoms with E-state index in [-0.39, 0.29) is 18.1 Å². The van der Waals surface area contributed by atoms with Crippen molar-refractivity contribution in [2.45, 2.75) is 32.0 Å². The number of halogens is 2. The smallest absolute Gasteiger partial charge is 0.271 e. The first-order valence-electron chi connectivity index (χ1n) is 15.7. The number of hydrogen-bond donors (Lipinski definition) is 1. The van der Waals surface area contributed by atoms with E-state index in [4.69, 9.17) is 24.7 Å². The van der Waals surface area contributed by atoms with Gasteiger partial charge >= 0.3 is 0 Å². The van der Waals surface area contributed by atoms with E-state index in [1.54, 1.807) is 25.1 Å². The first kappa shape index (κ1) is 32.4. The number of rotatable bonds is 12. The third-order valence-electron chi connectivity index (χ3n) is 9.02.